The molecular formula is C35H45NO19. The van der Waals surface area contributed by atoms with Crippen LogP contribution in [0.2, 0.25) is 0 Å². The number of esters is 8. The molecule has 0 bridgehead atoms. The zero-order valence-corrected chi connectivity index (χ0v) is 31.5. The average Bonchev–Trinajstić information content (AvgIpc) is 3.07. The van der Waals surface area contributed by atoms with Gasteiger partial charge in [-0.25, -0.2) is 0 Å². The van der Waals surface area contributed by atoms with Crippen molar-refractivity contribution < 1.29 is 90.5 Å². The Kier molecular flexibility index (Phi) is 18.1. The second kappa shape index (κ2) is 21.9. The molecule has 0 spiro atoms. The topological polar surface area (TPSA) is 258 Å². The van der Waals surface area contributed by atoms with Crippen molar-refractivity contribution in [2.75, 3.05) is 13.2 Å². The number of ether oxygens (including phenoxy) is 10. The van der Waals surface area contributed by atoms with Crippen LogP contribution < -0.4 is 5.32 Å². The van der Waals surface area contributed by atoms with Gasteiger partial charge in [-0.1, -0.05) is 30.3 Å². The molecule has 1 N–H and O–H groups in total. The lowest BCUT2D eigenvalue weighted by Gasteiger charge is -2.46. The number of hydrogen-bond acceptors (Lipinski definition) is 19. The molecule has 1 heterocycles. The Morgan fingerprint density at radius 2 is 1.13 bits per heavy atom. The Bertz CT molecular complexity index is 1550. The summed E-state index contributed by atoms with van der Waals surface area (Å²) in [5.41, 5.74) is 0.611. The predicted molar refractivity (Wildman–Crippen MR) is 178 cm³/mol. The molecule has 1 aliphatic rings. The fourth-order valence-electron chi connectivity index (χ4n) is 5.27. The van der Waals surface area contributed by atoms with Crippen LogP contribution in [0, 0.1) is 0 Å². The minimum Gasteiger partial charge on any atom is -0.463 e. The maximum absolute atomic E-state index is 13.8. The number of nitrogens with one attached hydrogen (secondary N) is 1. The monoisotopic (exact) mass is 783 g/mol. The Morgan fingerprint density at radius 3 is 1.64 bits per heavy atom. The number of benzene rings is 1. The summed E-state index contributed by atoms with van der Waals surface area (Å²) >= 11 is 0. The molecule has 1 fully saturated rings. The number of carbonyl (C=O) groups is 9. The van der Waals surface area contributed by atoms with Crippen molar-refractivity contribution in [2.24, 2.45) is 0 Å². The van der Waals surface area contributed by atoms with Crippen LogP contribution >= 0.6 is 0 Å². The summed E-state index contributed by atoms with van der Waals surface area (Å²) in [7, 11) is 0. The van der Waals surface area contributed by atoms with Crippen LogP contribution in [0.15, 0.2) is 30.3 Å². The molecule has 0 aliphatic carbocycles. The van der Waals surface area contributed by atoms with Crippen LogP contribution in [0.1, 0.15) is 61.0 Å². The van der Waals surface area contributed by atoms with Gasteiger partial charge in [-0.3, -0.25) is 43.2 Å². The molecule has 55 heavy (non-hydrogen) atoms. The smallest absolute Gasteiger partial charge is 0.303 e. The van der Waals surface area contributed by atoms with Crippen molar-refractivity contribution >= 4 is 53.7 Å². The van der Waals surface area contributed by atoms with Crippen molar-refractivity contribution in [2.45, 2.75) is 117 Å². The van der Waals surface area contributed by atoms with Crippen molar-refractivity contribution in [1.82, 2.24) is 5.32 Å². The highest BCUT2D eigenvalue weighted by atomic mass is 16.8. The van der Waals surface area contributed by atoms with Crippen molar-refractivity contribution in [3.8, 4) is 0 Å². The number of rotatable bonds is 18. The largest absolute Gasteiger partial charge is 0.463 e. The lowest BCUT2D eigenvalue weighted by molar-refractivity contribution is -0.331. The highest BCUT2D eigenvalue weighted by Gasteiger charge is 2.56. The summed E-state index contributed by atoms with van der Waals surface area (Å²) in [4.78, 5) is 112. The third kappa shape index (κ3) is 15.7. The van der Waals surface area contributed by atoms with E-state index in [4.69, 9.17) is 47.4 Å². The van der Waals surface area contributed by atoms with Gasteiger partial charge in [0.2, 0.25) is 6.10 Å². The van der Waals surface area contributed by atoms with E-state index in [-0.39, 0.29) is 6.54 Å². The van der Waals surface area contributed by atoms with Crippen LogP contribution in [-0.2, 0) is 97.1 Å². The third-order valence-electron chi connectivity index (χ3n) is 7.16. The zero-order chi connectivity index (χ0) is 41.4. The Labute approximate surface area is 315 Å². The minimum absolute atomic E-state index is 0.115. The fraction of sp³-hybridized carbons (Fsp3) is 0.571. The molecule has 1 aromatic rings. The highest BCUT2D eigenvalue weighted by Crippen LogP contribution is 2.33. The van der Waals surface area contributed by atoms with Crippen molar-refractivity contribution in [3.63, 3.8) is 0 Å². The molecule has 1 saturated heterocycles. The molecule has 1 aliphatic heterocycles. The third-order valence-corrected chi connectivity index (χ3v) is 7.16. The Hall–Kier alpha value is -5.63. The summed E-state index contributed by atoms with van der Waals surface area (Å²) < 4.78 is 55.1. The molecule has 1 aromatic carbocycles. The maximum Gasteiger partial charge on any atom is 0.303 e. The van der Waals surface area contributed by atoms with Crippen molar-refractivity contribution in [1.29, 1.82) is 0 Å². The van der Waals surface area contributed by atoms with Crippen LogP contribution in [0.4, 0.5) is 0 Å². The van der Waals surface area contributed by atoms with Crippen LogP contribution in [-0.4, -0.2) is 122 Å². The molecular weight excluding hydrogens is 738 g/mol. The first kappa shape index (κ1) is 45.5. The van der Waals surface area contributed by atoms with E-state index >= 15 is 0 Å². The average molecular weight is 784 g/mol. The van der Waals surface area contributed by atoms with Crippen LogP contribution in [0.5, 0.6) is 0 Å². The molecule has 1 amide bonds. The van der Waals surface area contributed by atoms with E-state index < -0.39 is 122 Å². The van der Waals surface area contributed by atoms with E-state index in [1.807, 2.05) is 0 Å². The minimum atomic E-state index is -2.09. The molecule has 0 saturated carbocycles. The van der Waals surface area contributed by atoms with Gasteiger partial charge < -0.3 is 52.7 Å². The summed E-state index contributed by atoms with van der Waals surface area (Å²) in [5.74, 6) is -8.79. The normalized spacial score (nSPS) is 21.1. The van der Waals surface area contributed by atoms with E-state index in [0.29, 0.717) is 5.56 Å². The van der Waals surface area contributed by atoms with Gasteiger partial charge in [-0.2, -0.15) is 0 Å². The number of amides is 1. The molecule has 0 aromatic heterocycles. The number of carbonyl (C=O) groups excluding carboxylic acids is 9. The summed E-state index contributed by atoms with van der Waals surface area (Å²) in [6, 6.07) is 8.48. The van der Waals surface area contributed by atoms with E-state index in [9.17, 15) is 43.2 Å². The van der Waals surface area contributed by atoms with Crippen LogP contribution in [0.25, 0.3) is 0 Å². The van der Waals surface area contributed by atoms with Gasteiger partial charge in [-0.05, 0) is 5.56 Å². The molecule has 304 valence electrons. The first-order valence-corrected chi connectivity index (χ1v) is 16.7. The van der Waals surface area contributed by atoms with Gasteiger partial charge in [-0.15, -0.1) is 0 Å². The Morgan fingerprint density at radius 1 is 0.600 bits per heavy atom. The molecule has 0 unspecified atom stereocenters. The standard InChI is InChI=1S/C35H45NO19/c1-17(37)46-15-26(48-19(3)39)29(30(50-21(5)41)32(52-23(7)43)34(45)36-14-25-12-10-9-11-13-25)55-35-33(53-24(8)44)31(51-22(6)42)28(49-20(4)40)27(54-35)16-47-18(2)38/h9-13,26-33,35H,14-16H2,1-8H3,(H,36,45)/t26-,27-,28+,29-,30+,31+,32-,33-,35+/m1/s1. The van der Waals surface area contributed by atoms with Gasteiger partial charge in [0, 0.05) is 61.9 Å². The second-order valence-corrected chi connectivity index (χ2v) is 11.9. The van der Waals surface area contributed by atoms with E-state index in [2.05, 4.69) is 5.32 Å². The van der Waals surface area contributed by atoms with Gasteiger partial charge in [0.1, 0.15) is 25.4 Å². The molecule has 9 atom stereocenters. The molecule has 0 radical (unpaired) electrons. The van der Waals surface area contributed by atoms with Gasteiger partial charge in [0.05, 0.1) is 0 Å². The highest BCUT2D eigenvalue weighted by molar-refractivity contribution is 5.84. The summed E-state index contributed by atoms with van der Waals surface area (Å²) in [6.07, 6.45) is -16.8. The first-order chi connectivity index (χ1) is 25.8. The van der Waals surface area contributed by atoms with E-state index in [0.717, 1.165) is 55.4 Å². The summed E-state index contributed by atoms with van der Waals surface area (Å²) in [6.45, 7) is 6.24. The molecule has 20 nitrogen and oxygen atoms in total. The van der Waals surface area contributed by atoms with Gasteiger partial charge in [0.25, 0.3) is 5.91 Å². The van der Waals surface area contributed by atoms with Gasteiger partial charge >= 0.3 is 47.8 Å². The van der Waals surface area contributed by atoms with E-state index in [1.54, 1.807) is 30.3 Å². The maximum atomic E-state index is 13.8. The summed E-state index contributed by atoms with van der Waals surface area (Å²) in [5, 5.41) is 2.56. The Balaban J connectivity index is 2.88. The second-order valence-electron chi connectivity index (χ2n) is 11.9. The predicted octanol–water partition coefficient (Wildman–Crippen LogP) is 0.129. The number of hydrogen-bond donors (Lipinski definition) is 1. The quantitative estimate of drug-likeness (QED) is 0.153. The first-order valence-electron chi connectivity index (χ1n) is 16.7. The van der Waals surface area contributed by atoms with E-state index in [1.165, 1.54) is 0 Å². The van der Waals surface area contributed by atoms with Crippen LogP contribution in [0.3, 0.4) is 0 Å². The SMILES string of the molecule is CC(=O)OC[C@H]1O[C@@H](O[C@@H]([C@H](OC(C)=O)[C@@H](OC(C)=O)C(=O)NCc2ccccc2)[C@@H](COC(C)=O)OC(C)=O)[C@H](OC(C)=O)[C@@H](OC(C)=O)[C@H]1OC(C)=O. The lowest BCUT2D eigenvalue weighted by atomic mass is 9.97. The molecule has 20 heteroatoms. The molecule has 2 rings (SSSR count). The zero-order valence-electron chi connectivity index (χ0n) is 31.5. The fourth-order valence-corrected chi connectivity index (χ4v) is 5.27. The van der Waals surface area contributed by atoms with Crippen molar-refractivity contribution in [3.05, 3.63) is 35.9 Å². The lowest BCUT2D eigenvalue weighted by Crippen LogP contribution is -2.65. The van der Waals surface area contributed by atoms with Gasteiger partial charge in [0.15, 0.2) is 36.8 Å².